The van der Waals surface area contributed by atoms with Crippen molar-refractivity contribution < 1.29 is 24.3 Å². The second kappa shape index (κ2) is 6.87. The number of non-ortho nitro benzene ring substituents is 1. The van der Waals surface area contributed by atoms with Crippen molar-refractivity contribution in [2.45, 2.75) is 0 Å². The van der Waals surface area contributed by atoms with E-state index in [2.05, 4.69) is 10.5 Å². The molecule has 0 aromatic heterocycles. The molecule has 2 aromatic rings. The number of nitro benzene ring substituents is 1. The van der Waals surface area contributed by atoms with Gasteiger partial charge in [-0.15, -0.1) is 0 Å². The van der Waals surface area contributed by atoms with Crippen LogP contribution in [0.2, 0.25) is 0 Å². The van der Waals surface area contributed by atoms with E-state index in [1.807, 2.05) is 0 Å². The molecular weight excluding hydrogens is 330 g/mol. The molecular formula is C16H12N3O6-. The van der Waals surface area contributed by atoms with Gasteiger partial charge in [0.15, 0.2) is 11.5 Å². The molecule has 25 heavy (non-hydrogen) atoms. The van der Waals surface area contributed by atoms with Gasteiger partial charge in [-0.05, 0) is 23.8 Å². The molecule has 0 aliphatic carbocycles. The zero-order chi connectivity index (χ0) is 17.8. The molecule has 3 rings (SSSR count). The zero-order valence-electron chi connectivity index (χ0n) is 12.8. The van der Waals surface area contributed by atoms with E-state index >= 15 is 0 Å². The minimum atomic E-state index is -0.620. The number of nitrogens with zero attached hydrogens (tertiary/aromatic N) is 2. The number of hydrogen-bond donors (Lipinski definition) is 1. The first-order valence-corrected chi connectivity index (χ1v) is 7.23. The number of fused-ring (bicyclic) bond motifs is 1. The Morgan fingerprint density at radius 2 is 1.92 bits per heavy atom. The monoisotopic (exact) mass is 342 g/mol. The van der Waals surface area contributed by atoms with E-state index in [1.165, 1.54) is 6.07 Å². The molecule has 0 saturated heterocycles. The highest BCUT2D eigenvalue weighted by atomic mass is 16.6. The summed E-state index contributed by atoms with van der Waals surface area (Å²) in [6, 6.07) is 7.94. The topological polar surface area (TPSA) is 126 Å². The summed E-state index contributed by atoms with van der Waals surface area (Å²) in [5, 5.41) is 26.0. The largest absolute Gasteiger partial charge is 0.872 e. The lowest BCUT2D eigenvalue weighted by Crippen LogP contribution is -2.19. The highest BCUT2D eigenvalue weighted by Crippen LogP contribution is 2.30. The fourth-order valence-electron chi connectivity index (χ4n) is 2.16. The first kappa shape index (κ1) is 16.2. The lowest BCUT2D eigenvalue weighted by Gasteiger charge is -2.18. The van der Waals surface area contributed by atoms with Crippen LogP contribution >= 0.6 is 0 Å². The lowest BCUT2D eigenvalue weighted by molar-refractivity contribution is -0.385. The van der Waals surface area contributed by atoms with Crippen LogP contribution in [0.25, 0.3) is 0 Å². The van der Waals surface area contributed by atoms with Crippen molar-refractivity contribution in [3.63, 3.8) is 0 Å². The number of carbonyl (C=O) groups excluding carboxylic acids is 1. The van der Waals surface area contributed by atoms with Gasteiger partial charge in [0.1, 0.15) is 13.2 Å². The molecule has 1 heterocycles. The predicted molar refractivity (Wildman–Crippen MR) is 85.0 cm³/mol. The Morgan fingerprint density at radius 1 is 1.16 bits per heavy atom. The average molecular weight is 342 g/mol. The number of benzene rings is 2. The van der Waals surface area contributed by atoms with Crippen molar-refractivity contribution in [3.8, 4) is 17.2 Å². The SMILES string of the molecule is O=C(N/N=C\c1cc([N+](=O)[O-])ccc1[O-])c1ccc2c(c1)OCCO2. The van der Waals surface area contributed by atoms with E-state index < -0.39 is 16.6 Å². The zero-order valence-corrected chi connectivity index (χ0v) is 12.8. The van der Waals surface area contributed by atoms with E-state index in [1.54, 1.807) is 12.1 Å². The van der Waals surface area contributed by atoms with Crippen molar-refractivity contribution >= 4 is 17.8 Å². The van der Waals surface area contributed by atoms with Gasteiger partial charge < -0.3 is 14.6 Å². The van der Waals surface area contributed by atoms with Gasteiger partial charge in [0.2, 0.25) is 0 Å². The maximum atomic E-state index is 12.1. The van der Waals surface area contributed by atoms with Crippen LogP contribution < -0.4 is 20.0 Å². The molecule has 2 aromatic carbocycles. The molecule has 0 fully saturated rings. The average Bonchev–Trinajstić information content (AvgIpc) is 2.62. The van der Waals surface area contributed by atoms with E-state index in [-0.39, 0.29) is 11.3 Å². The van der Waals surface area contributed by atoms with E-state index in [9.17, 15) is 20.0 Å². The number of ether oxygens (including phenoxy) is 2. The van der Waals surface area contributed by atoms with Crippen LogP contribution in [0.4, 0.5) is 5.69 Å². The number of carbonyl (C=O) groups is 1. The second-order valence-corrected chi connectivity index (χ2v) is 5.04. The van der Waals surface area contributed by atoms with Gasteiger partial charge in [-0.2, -0.15) is 5.10 Å². The summed E-state index contributed by atoms with van der Waals surface area (Å²) in [6.07, 6.45) is 1.06. The van der Waals surface area contributed by atoms with Gasteiger partial charge in [0, 0.05) is 17.7 Å². The summed E-state index contributed by atoms with van der Waals surface area (Å²) in [5.74, 6) is 0.0522. The first-order valence-electron chi connectivity index (χ1n) is 7.23. The maximum Gasteiger partial charge on any atom is 0.271 e. The molecule has 9 heteroatoms. The summed E-state index contributed by atoms with van der Waals surface area (Å²) in [6.45, 7) is 0.846. The van der Waals surface area contributed by atoms with Crippen LogP contribution in [0.3, 0.4) is 0 Å². The molecule has 9 nitrogen and oxygen atoms in total. The molecule has 1 aliphatic heterocycles. The third-order valence-corrected chi connectivity index (χ3v) is 3.38. The Labute approximate surface area is 141 Å². The third-order valence-electron chi connectivity index (χ3n) is 3.38. The molecule has 0 atom stereocenters. The molecule has 0 radical (unpaired) electrons. The van der Waals surface area contributed by atoms with Crippen molar-refractivity contribution in [1.82, 2.24) is 5.43 Å². The normalized spacial score (nSPS) is 12.8. The Bertz CT molecular complexity index is 865. The standard InChI is InChI=1S/C16H13N3O6/c20-13-3-2-12(19(22)23)7-11(13)9-17-18-16(21)10-1-4-14-15(8-10)25-6-5-24-14/h1-4,7-9,20H,5-6H2,(H,18,21)/p-1/b17-9-. The van der Waals surface area contributed by atoms with E-state index in [0.29, 0.717) is 30.3 Å². The van der Waals surface area contributed by atoms with Gasteiger partial charge in [-0.25, -0.2) is 5.43 Å². The van der Waals surface area contributed by atoms with Crippen molar-refractivity contribution in [3.05, 3.63) is 57.6 Å². The quantitative estimate of drug-likeness (QED) is 0.505. The van der Waals surface area contributed by atoms with Gasteiger partial charge in [0.05, 0.1) is 11.1 Å². The van der Waals surface area contributed by atoms with Crippen molar-refractivity contribution in [1.29, 1.82) is 0 Å². The molecule has 1 amide bonds. The number of amides is 1. The minimum absolute atomic E-state index is 0.00308. The van der Waals surface area contributed by atoms with Gasteiger partial charge in [-0.3, -0.25) is 14.9 Å². The van der Waals surface area contributed by atoms with Crippen LogP contribution in [0.5, 0.6) is 17.2 Å². The summed E-state index contributed by atoms with van der Waals surface area (Å²) in [4.78, 5) is 22.2. The summed E-state index contributed by atoms with van der Waals surface area (Å²) < 4.78 is 10.8. The molecule has 0 saturated carbocycles. The van der Waals surface area contributed by atoms with Gasteiger partial charge in [-0.1, -0.05) is 11.8 Å². The van der Waals surface area contributed by atoms with Crippen LogP contribution in [-0.4, -0.2) is 30.3 Å². The molecule has 1 aliphatic rings. The summed E-state index contributed by atoms with van der Waals surface area (Å²) in [7, 11) is 0. The highest BCUT2D eigenvalue weighted by Gasteiger charge is 2.14. The number of hydrogen-bond acceptors (Lipinski definition) is 7. The number of nitro groups is 1. The lowest BCUT2D eigenvalue weighted by atomic mass is 10.2. The van der Waals surface area contributed by atoms with Crippen LogP contribution in [-0.2, 0) is 0 Å². The summed E-state index contributed by atoms with van der Waals surface area (Å²) >= 11 is 0. The molecule has 0 unspecified atom stereocenters. The van der Waals surface area contributed by atoms with Crippen LogP contribution in [0.15, 0.2) is 41.5 Å². The molecule has 0 spiro atoms. The fraction of sp³-hybridized carbons (Fsp3) is 0.125. The maximum absolute atomic E-state index is 12.1. The molecule has 0 bridgehead atoms. The number of rotatable bonds is 4. The Morgan fingerprint density at radius 3 is 2.68 bits per heavy atom. The number of hydrazone groups is 1. The number of nitrogens with one attached hydrogen (secondary N) is 1. The Kier molecular flexibility index (Phi) is 4.46. The van der Waals surface area contributed by atoms with Crippen molar-refractivity contribution in [2.75, 3.05) is 13.2 Å². The predicted octanol–water partition coefficient (Wildman–Crippen LogP) is 1.20. The summed E-state index contributed by atoms with van der Waals surface area (Å²) in [5.41, 5.74) is 2.31. The smallest absolute Gasteiger partial charge is 0.271 e. The first-order chi connectivity index (χ1) is 12.0. The highest BCUT2D eigenvalue weighted by molar-refractivity contribution is 5.95. The van der Waals surface area contributed by atoms with Gasteiger partial charge in [0.25, 0.3) is 11.6 Å². The van der Waals surface area contributed by atoms with Crippen LogP contribution in [0, 0.1) is 10.1 Å². The molecule has 128 valence electrons. The fourth-order valence-corrected chi connectivity index (χ4v) is 2.16. The Hall–Kier alpha value is -3.62. The minimum Gasteiger partial charge on any atom is -0.872 e. The third kappa shape index (κ3) is 3.66. The van der Waals surface area contributed by atoms with Crippen molar-refractivity contribution in [2.24, 2.45) is 5.10 Å². The molecule has 1 N–H and O–H groups in total. The van der Waals surface area contributed by atoms with Crippen LogP contribution in [0.1, 0.15) is 15.9 Å². The van der Waals surface area contributed by atoms with E-state index in [0.717, 1.165) is 24.4 Å². The second-order valence-electron chi connectivity index (χ2n) is 5.04. The van der Waals surface area contributed by atoms with E-state index in [4.69, 9.17) is 9.47 Å². The Balaban J connectivity index is 1.71. The van der Waals surface area contributed by atoms with Gasteiger partial charge >= 0.3 is 0 Å².